The third-order valence-electron chi connectivity index (χ3n) is 15.9. The molecule has 6 nitrogen and oxygen atoms in total. The van der Waals surface area contributed by atoms with Gasteiger partial charge in [0.2, 0.25) is 5.91 Å². The fourth-order valence-corrected chi connectivity index (χ4v) is 10.8. The van der Waals surface area contributed by atoms with Gasteiger partial charge in [-0.1, -0.05) is 348 Å². The van der Waals surface area contributed by atoms with Gasteiger partial charge in [-0.05, 0) is 25.7 Å². The van der Waals surface area contributed by atoms with Crippen LogP contribution in [0, 0.1) is 0 Å². The van der Waals surface area contributed by atoms with Gasteiger partial charge in [-0.2, -0.15) is 0 Å². The maximum atomic E-state index is 12.5. The molecule has 0 heterocycles. The van der Waals surface area contributed by atoms with E-state index < -0.39 is 12.1 Å². The molecule has 72 heavy (non-hydrogen) atoms. The fourth-order valence-electron chi connectivity index (χ4n) is 10.8. The lowest BCUT2D eigenvalue weighted by Crippen LogP contribution is -2.45. The van der Waals surface area contributed by atoms with E-state index in [9.17, 15) is 19.8 Å². The highest BCUT2D eigenvalue weighted by Gasteiger charge is 2.20. The number of unbranched alkanes of at least 4 members (excludes halogenated alkanes) is 52. The highest BCUT2D eigenvalue weighted by molar-refractivity contribution is 5.76. The molecule has 0 aliphatic heterocycles. The minimum atomic E-state index is -0.667. The van der Waals surface area contributed by atoms with Crippen LogP contribution < -0.4 is 5.32 Å². The molecule has 430 valence electrons. The van der Waals surface area contributed by atoms with Crippen molar-refractivity contribution in [3.05, 3.63) is 0 Å². The zero-order valence-corrected chi connectivity index (χ0v) is 49.2. The normalized spacial score (nSPS) is 12.4. The molecule has 0 rings (SSSR count). The minimum Gasteiger partial charge on any atom is -0.466 e. The third kappa shape index (κ3) is 58.1. The van der Waals surface area contributed by atoms with Crippen LogP contribution in [0.15, 0.2) is 0 Å². The van der Waals surface area contributed by atoms with E-state index in [1.54, 1.807) is 0 Å². The van der Waals surface area contributed by atoms with Crippen LogP contribution >= 0.6 is 0 Å². The molecule has 6 heteroatoms. The van der Waals surface area contributed by atoms with Gasteiger partial charge in [0.05, 0.1) is 25.4 Å². The van der Waals surface area contributed by atoms with Crippen molar-refractivity contribution in [3.63, 3.8) is 0 Å². The van der Waals surface area contributed by atoms with Crippen molar-refractivity contribution in [3.8, 4) is 0 Å². The Morgan fingerprint density at radius 2 is 0.569 bits per heavy atom. The highest BCUT2D eigenvalue weighted by atomic mass is 16.5. The molecule has 0 aliphatic carbocycles. The number of hydrogen-bond donors (Lipinski definition) is 3. The van der Waals surface area contributed by atoms with Crippen molar-refractivity contribution in [1.29, 1.82) is 0 Å². The van der Waals surface area contributed by atoms with E-state index in [-0.39, 0.29) is 18.5 Å². The zero-order chi connectivity index (χ0) is 52.2. The Hall–Kier alpha value is -1.14. The third-order valence-corrected chi connectivity index (χ3v) is 15.9. The lowest BCUT2D eigenvalue weighted by atomic mass is 10.0. The van der Waals surface area contributed by atoms with Crippen LogP contribution in [0.5, 0.6) is 0 Å². The standard InChI is InChI=1S/C66H131NO5/c1-3-5-7-9-11-13-15-17-19-21-23-26-30-34-38-42-46-50-54-58-64(69)63(62-68)67-65(70)59-55-51-47-43-39-35-31-27-25-29-33-37-41-45-49-53-57-61-72-66(71)60-56-52-48-44-40-36-32-28-24-22-20-18-16-14-12-10-8-6-4-2/h63-64,68-69H,3-62H2,1-2H3,(H,67,70). The number of carbonyl (C=O) groups excluding carboxylic acids is 2. The number of amides is 1. The number of ether oxygens (including phenoxy) is 1. The average molecular weight is 1020 g/mol. The maximum absolute atomic E-state index is 12.5. The second-order valence-corrected chi connectivity index (χ2v) is 23.2. The molecule has 2 atom stereocenters. The second kappa shape index (κ2) is 62.4. The zero-order valence-electron chi connectivity index (χ0n) is 49.2. The van der Waals surface area contributed by atoms with Crippen molar-refractivity contribution in [2.45, 2.75) is 398 Å². The molecule has 0 aromatic carbocycles. The predicted octanol–water partition coefficient (Wildman–Crippen LogP) is 21.0. The van der Waals surface area contributed by atoms with Crippen LogP contribution in [-0.2, 0) is 14.3 Å². The van der Waals surface area contributed by atoms with Crippen molar-refractivity contribution >= 4 is 11.9 Å². The molecule has 0 aliphatic rings. The molecular weight excluding hydrogens is 887 g/mol. The van der Waals surface area contributed by atoms with E-state index in [0.717, 1.165) is 38.5 Å². The molecule has 0 saturated heterocycles. The summed E-state index contributed by atoms with van der Waals surface area (Å²) in [6, 6.07) is -0.545. The first kappa shape index (κ1) is 70.9. The first-order chi connectivity index (χ1) is 35.5. The van der Waals surface area contributed by atoms with Gasteiger partial charge >= 0.3 is 5.97 Å². The smallest absolute Gasteiger partial charge is 0.305 e. The molecule has 0 bridgehead atoms. The van der Waals surface area contributed by atoms with E-state index in [4.69, 9.17) is 4.74 Å². The van der Waals surface area contributed by atoms with Crippen molar-refractivity contribution in [1.82, 2.24) is 5.32 Å². The molecule has 2 unspecified atom stereocenters. The first-order valence-corrected chi connectivity index (χ1v) is 33.3. The monoisotopic (exact) mass is 1020 g/mol. The van der Waals surface area contributed by atoms with Gasteiger partial charge in [-0.15, -0.1) is 0 Å². The molecule has 0 radical (unpaired) electrons. The number of hydrogen-bond acceptors (Lipinski definition) is 5. The number of carbonyl (C=O) groups is 2. The van der Waals surface area contributed by atoms with Gasteiger partial charge in [0.15, 0.2) is 0 Å². The van der Waals surface area contributed by atoms with Crippen LogP contribution in [0.3, 0.4) is 0 Å². The summed E-state index contributed by atoms with van der Waals surface area (Å²) in [4.78, 5) is 24.6. The summed E-state index contributed by atoms with van der Waals surface area (Å²) in [5, 5.41) is 23.4. The Morgan fingerprint density at radius 1 is 0.333 bits per heavy atom. The molecule has 0 fully saturated rings. The lowest BCUT2D eigenvalue weighted by molar-refractivity contribution is -0.143. The molecule has 3 N–H and O–H groups in total. The number of aliphatic hydroxyl groups excluding tert-OH is 2. The summed E-state index contributed by atoms with van der Waals surface area (Å²) in [5.41, 5.74) is 0. The number of nitrogens with one attached hydrogen (secondary N) is 1. The summed E-state index contributed by atoms with van der Waals surface area (Å²) in [6.07, 6.45) is 74.1. The van der Waals surface area contributed by atoms with Crippen LogP contribution in [0.4, 0.5) is 0 Å². The summed E-state index contributed by atoms with van der Waals surface area (Å²) >= 11 is 0. The predicted molar refractivity (Wildman–Crippen MR) is 315 cm³/mol. The van der Waals surface area contributed by atoms with Gasteiger partial charge in [0.1, 0.15) is 0 Å². The summed E-state index contributed by atoms with van der Waals surface area (Å²) in [6.45, 7) is 4.99. The summed E-state index contributed by atoms with van der Waals surface area (Å²) < 4.78 is 5.51. The average Bonchev–Trinajstić information content (AvgIpc) is 3.38. The molecular formula is C66H131NO5. The lowest BCUT2D eigenvalue weighted by Gasteiger charge is -2.22. The van der Waals surface area contributed by atoms with Crippen LogP contribution in [0.1, 0.15) is 386 Å². The Kier molecular flexibility index (Phi) is 61.4. The number of aliphatic hydroxyl groups is 2. The fraction of sp³-hybridized carbons (Fsp3) is 0.970. The Morgan fingerprint density at radius 3 is 0.847 bits per heavy atom. The minimum absolute atomic E-state index is 0.0117. The summed E-state index contributed by atoms with van der Waals surface area (Å²) in [7, 11) is 0. The molecule has 1 amide bonds. The Bertz CT molecular complexity index is 1040. The van der Waals surface area contributed by atoms with E-state index in [2.05, 4.69) is 19.2 Å². The Balaban J connectivity index is 3.38. The van der Waals surface area contributed by atoms with E-state index >= 15 is 0 Å². The maximum Gasteiger partial charge on any atom is 0.305 e. The van der Waals surface area contributed by atoms with Crippen molar-refractivity contribution in [2.24, 2.45) is 0 Å². The summed E-state index contributed by atoms with van der Waals surface area (Å²) in [5.74, 6) is -0.0237. The van der Waals surface area contributed by atoms with Crippen molar-refractivity contribution < 1.29 is 24.5 Å². The van der Waals surface area contributed by atoms with Gasteiger partial charge in [0, 0.05) is 12.8 Å². The molecule has 0 saturated carbocycles. The largest absolute Gasteiger partial charge is 0.466 e. The number of rotatable bonds is 63. The van der Waals surface area contributed by atoms with Crippen LogP contribution in [0.25, 0.3) is 0 Å². The van der Waals surface area contributed by atoms with E-state index in [1.807, 2.05) is 0 Å². The molecule has 0 aromatic heterocycles. The highest BCUT2D eigenvalue weighted by Crippen LogP contribution is 2.19. The van der Waals surface area contributed by atoms with E-state index in [1.165, 1.54) is 315 Å². The SMILES string of the molecule is CCCCCCCCCCCCCCCCCCCCCC(=O)OCCCCCCCCCCCCCCCCCCCC(=O)NC(CO)C(O)CCCCCCCCCCCCCCCCCCCCC. The molecule has 0 spiro atoms. The quantitative estimate of drug-likeness (QED) is 0.0417. The first-order valence-electron chi connectivity index (χ1n) is 33.3. The molecule has 0 aromatic rings. The Labute approximate surface area is 451 Å². The number of esters is 1. The van der Waals surface area contributed by atoms with Gasteiger partial charge in [-0.25, -0.2) is 0 Å². The van der Waals surface area contributed by atoms with Crippen LogP contribution in [-0.4, -0.2) is 47.4 Å². The second-order valence-electron chi connectivity index (χ2n) is 23.2. The van der Waals surface area contributed by atoms with Gasteiger partial charge in [-0.3, -0.25) is 9.59 Å². The van der Waals surface area contributed by atoms with Crippen molar-refractivity contribution in [2.75, 3.05) is 13.2 Å². The van der Waals surface area contributed by atoms with Crippen LogP contribution in [0.2, 0.25) is 0 Å². The van der Waals surface area contributed by atoms with E-state index in [0.29, 0.717) is 25.9 Å². The topological polar surface area (TPSA) is 95.9 Å². The van der Waals surface area contributed by atoms with Gasteiger partial charge < -0.3 is 20.3 Å². The van der Waals surface area contributed by atoms with Gasteiger partial charge in [0.25, 0.3) is 0 Å².